The standard InChI is InChI=1S/C12H19N5OS/c1-3-16(4-2)7-5-9-18-12-11(14-19-15-12)17-8-6-13-10-17/h6,8,10H,3-5,7,9H2,1-2H3. The summed E-state index contributed by atoms with van der Waals surface area (Å²) in [7, 11) is 0. The Bertz CT molecular complexity index is 466. The fourth-order valence-electron chi connectivity index (χ4n) is 1.81. The van der Waals surface area contributed by atoms with Crippen molar-refractivity contribution in [3.05, 3.63) is 18.7 Å². The molecule has 0 aliphatic heterocycles. The molecule has 0 fully saturated rings. The second-order valence-corrected chi connectivity index (χ2v) is 4.62. The van der Waals surface area contributed by atoms with Crippen LogP contribution in [-0.4, -0.2) is 49.4 Å². The molecule has 0 amide bonds. The molecule has 0 saturated carbocycles. The van der Waals surface area contributed by atoms with Crippen LogP contribution in [0.3, 0.4) is 0 Å². The highest BCUT2D eigenvalue weighted by molar-refractivity contribution is 6.99. The Labute approximate surface area is 117 Å². The lowest BCUT2D eigenvalue weighted by atomic mass is 10.4. The predicted molar refractivity (Wildman–Crippen MR) is 74.9 cm³/mol. The van der Waals surface area contributed by atoms with Gasteiger partial charge in [-0.15, -0.1) is 4.37 Å². The maximum atomic E-state index is 5.70. The molecule has 2 rings (SSSR count). The molecule has 0 bridgehead atoms. The van der Waals surface area contributed by atoms with E-state index < -0.39 is 0 Å². The number of aromatic nitrogens is 4. The maximum absolute atomic E-state index is 5.70. The fraction of sp³-hybridized carbons (Fsp3) is 0.583. The summed E-state index contributed by atoms with van der Waals surface area (Å²) in [6.07, 6.45) is 6.23. The van der Waals surface area contributed by atoms with Crippen LogP contribution in [0.4, 0.5) is 0 Å². The van der Waals surface area contributed by atoms with Gasteiger partial charge in [-0.2, -0.15) is 4.37 Å². The summed E-state index contributed by atoms with van der Waals surface area (Å²) in [5.74, 6) is 1.30. The lowest BCUT2D eigenvalue weighted by molar-refractivity contribution is 0.245. The largest absolute Gasteiger partial charge is 0.474 e. The van der Waals surface area contributed by atoms with Crippen LogP contribution in [-0.2, 0) is 0 Å². The molecule has 2 heterocycles. The first kappa shape index (κ1) is 14.0. The summed E-state index contributed by atoms with van der Waals surface area (Å²) in [5.41, 5.74) is 0. The van der Waals surface area contributed by atoms with Crippen molar-refractivity contribution in [1.82, 2.24) is 23.2 Å². The zero-order valence-corrected chi connectivity index (χ0v) is 12.1. The minimum atomic E-state index is 0.586. The number of rotatable bonds is 8. The van der Waals surface area contributed by atoms with Crippen LogP contribution < -0.4 is 4.74 Å². The van der Waals surface area contributed by atoms with Gasteiger partial charge in [0.15, 0.2) is 0 Å². The van der Waals surface area contributed by atoms with Crippen LogP contribution in [0.25, 0.3) is 5.82 Å². The highest BCUT2D eigenvalue weighted by Gasteiger charge is 2.11. The highest BCUT2D eigenvalue weighted by Crippen LogP contribution is 2.19. The van der Waals surface area contributed by atoms with Gasteiger partial charge in [-0.1, -0.05) is 13.8 Å². The average Bonchev–Trinajstić information content (AvgIpc) is 3.09. The summed E-state index contributed by atoms with van der Waals surface area (Å²) in [6, 6.07) is 0. The summed E-state index contributed by atoms with van der Waals surface area (Å²) in [6.45, 7) is 8.20. The Morgan fingerprint density at radius 1 is 1.32 bits per heavy atom. The van der Waals surface area contributed by atoms with E-state index in [2.05, 4.69) is 32.5 Å². The van der Waals surface area contributed by atoms with E-state index >= 15 is 0 Å². The molecular formula is C12H19N5OS. The van der Waals surface area contributed by atoms with Gasteiger partial charge in [-0.05, 0) is 19.5 Å². The minimum absolute atomic E-state index is 0.586. The quantitative estimate of drug-likeness (QED) is 0.691. The van der Waals surface area contributed by atoms with E-state index in [0.29, 0.717) is 18.3 Å². The minimum Gasteiger partial charge on any atom is -0.474 e. The lowest BCUT2D eigenvalue weighted by Gasteiger charge is -2.17. The topological polar surface area (TPSA) is 56.1 Å². The van der Waals surface area contributed by atoms with E-state index in [1.807, 2.05) is 10.8 Å². The Morgan fingerprint density at radius 2 is 2.16 bits per heavy atom. The third kappa shape index (κ3) is 3.74. The molecule has 104 valence electrons. The second kappa shape index (κ2) is 7.20. The Balaban J connectivity index is 1.82. The van der Waals surface area contributed by atoms with Crippen molar-refractivity contribution in [2.75, 3.05) is 26.2 Å². The predicted octanol–water partition coefficient (Wildman–Crippen LogP) is 1.83. The molecule has 2 aromatic rings. The molecule has 0 aliphatic rings. The third-order valence-corrected chi connectivity index (χ3v) is 3.45. The van der Waals surface area contributed by atoms with E-state index in [1.165, 1.54) is 0 Å². The summed E-state index contributed by atoms with van der Waals surface area (Å²) in [5, 5.41) is 0. The smallest absolute Gasteiger partial charge is 0.271 e. The molecule has 0 atom stereocenters. The second-order valence-electron chi connectivity index (χ2n) is 4.09. The van der Waals surface area contributed by atoms with Crippen molar-refractivity contribution < 1.29 is 4.74 Å². The molecular weight excluding hydrogens is 262 g/mol. The van der Waals surface area contributed by atoms with Gasteiger partial charge in [0, 0.05) is 18.9 Å². The van der Waals surface area contributed by atoms with E-state index in [1.54, 1.807) is 12.5 Å². The highest BCUT2D eigenvalue weighted by atomic mass is 32.1. The molecule has 7 heteroatoms. The molecule has 0 aliphatic carbocycles. The third-order valence-electron chi connectivity index (χ3n) is 2.94. The van der Waals surface area contributed by atoms with Crippen LogP contribution in [0, 0.1) is 0 Å². The van der Waals surface area contributed by atoms with Crippen molar-refractivity contribution in [3.8, 4) is 11.7 Å². The SMILES string of the molecule is CCN(CC)CCCOc1nsnc1-n1ccnc1. The van der Waals surface area contributed by atoms with Crippen molar-refractivity contribution in [2.24, 2.45) is 0 Å². The van der Waals surface area contributed by atoms with Gasteiger partial charge in [0.05, 0.1) is 18.3 Å². The van der Waals surface area contributed by atoms with Crippen LogP contribution in [0.5, 0.6) is 5.88 Å². The molecule has 0 N–H and O–H groups in total. The number of imidazole rings is 1. The molecule has 2 aromatic heterocycles. The Hall–Kier alpha value is -1.47. The molecule has 0 radical (unpaired) electrons. The van der Waals surface area contributed by atoms with Crippen LogP contribution in [0.1, 0.15) is 20.3 Å². The summed E-state index contributed by atoms with van der Waals surface area (Å²) >= 11 is 1.15. The molecule has 0 saturated heterocycles. The number of ether oxygens (including phenoxy) is 1. The van der Waals surface area contributed by atoms with E-state index in [9.17, 15) is 0 Å². The van der Waals surface area contributed by atoms with Gasteiger partial charge in [0.1, 0.15) is 6.33 Å². The van der Waals surface area contributed by atoms with Gasteiger partial charge >= 0.3 is 0 Å². The van der Waals surface area contributed by atoms with Gasteiger partial charge in [-0.3, -0.25) is 4.57 Å². The zero-order chi connectivity index (χ0) is 13.5. The molecule has 0 unspecified atom stereocenters. The summed E-state index contributed by atoms with van der Waals surface area (Å²) < 4.78 is 15.9. The Kier molecular flexibility index (Phi) is 5.29. The van der Waals surface area contributed by atoms with Gasteiger partial charge in [-0.25, -0.2) is 4.98 Å². The van der Waals surface area contributed by atoms with Gasteiger partial charge in [0.2, 0.25) is 5.82 Å². The monoisotopic (exact) mass is 281 g/mol. The summed E-state index contributed by atoms with van der Waals surface area (Å²) in [4.78, 5) is 6.37. The lowest BCUT2D eigenvalue weighted by Crippen LogP contribution is -2.25. The fourth-order valence-corrected chi connectivity index (χ4v) is 2.30. The first-order valence-corrected chi connectivity index (χ1v) is 7.24. The average molecular weight is 281 g/mol. The molecule has 19 heavy (non-hydrogen) atoms. The van der Waals surface area contributed by atoms with Crippen LogP contribution in [0.2, 0.25) is 0 Å². The zero-order valence-electron chi connectivity index (χ0n) is 11.3. The van der Waals surface area contributed by atoms with Gasteiger partial charge in [0.25, 0.3) is 5.88 Å². The Morgan fingerprint density at radius 3 is 2.84 bits per heavy atom. The van der Waals surface area contributed by atoms with E-state index in [4.69, 9.17) is 4.74 Å². The molecule has 6 nitrogen and oxygen atoms in total. The van der Waals surface area contributed by atoms with Crippen LogP contribution in [0.15, 0.2) is 18.7 Å². The number of hydrogen-bond donors (Lipinski definition) is 0. The van der Waals surface area contributed by atoms with Crippen molar-refractivity contribution in [3.63, 3.8) is 0 Å². The number of nitrogens with zero attached hydrogens (tertiary/aromatic N) is 5. The first-order valence-electron chi connectivity index (χ1n) is 6.51. The number of hydrogen-bond acceptors (Lipinski definition) is 6. The van der Waals surface area contributed by atoms with Crippen LogP contribution >= 0.6 is 11.7 Å². The molecule has 0 spiro atoms. The first-order chi connectivity index (χ1) is 9.35. The van der Waals surface area contributed by atoms with Crippen molar-refractivity contribution >= 4 is 11.7 Å². The maximum Gasteiger partial charge on any atom is 0.271 e. The molecule has 0 aromatic carbocycles. The van der Waals surface area contributed by atoms with E-state index in [0.717, 1.165) is 37.8 Å². The van der Waals surface area contributed by atoms with Crippen molar-refractivity contribution in [1.29, 1.82) is 0 Å². The van der Waals surface area contributed by atoms with E-state index in [-0.39, 0.29) is 0 Å². The van der Waals surface area contributed by atoms with Crippen molar-refractivity contribution in [2.45, 2.75) is 20.3 Å². The van der Waals surface area contributed by atoms with Gasteiger partial charge < -0.3 is 9.64 Å². The normalized spacial score (nSPS) is 11.1.